The van der Waals surface area contributed by atoms with E-state index in [4.69, 9.17) is 14.6 Å². The number of hydrogen-bond acceptors (Lipinski definition) is 2. The van der Waals surface area contributed by atoms with Gasteiger partial charge in [0.05, 0.1) is 0 Å². The topological polar surface area (TPSA) is 80.0 Å². The molecule has 0 fully saturated rings. The molecule has 0 aliphatic carbocycles. The van der Waals surface area contributed by atoms with E-state index in [2.05, 4.69) is 12.2 Å². The van der Waals surface area contributed by atoms with Crippen LogP contribution >= 0.6 is 0 Å². The zero-order valence-corrected chi connectivity index (χ0v) is 21.0. The zero-order chi connectivity index (χ0) is 25.9. The average Bonchev–Trinajstić information content (AvgIpc) is 2.86. The number of hydrogen-bond donors (Lipinski definition) is 2. The van der Waals surface area contributed by atoms with Crippen LogP contribution in [-0.2, 0) is 0 Å². The molecule has 36 heavy (non-hydrogen) atoms. The third-order valence-corrected chi connectivity index (χ3v) is 6.13. The molecular weight excluding hydrogens is 457 g/mol. The lowest BCUT2D eigenvalue weighted by atomic mass is 10.00. The minimum Gasteiger partial charge on any atom is -0.486 e. The van der Waals surface area contributed by atoms with Gasteiger partial charge in [-0.2, -0.15) is 0 Å². The number of nitrogens with one attached hydrogen (secondary N) is 1. The second-order valence-corrected chi connectivity index (χ2v) is 8.98. The molecule has 0 aliphatic rings. The Morgan fingerprint density at radius 2 is 1.75 bits per heavy atom. The van der Waals surface area contributed by atoms with Gasteiger partial charge in [0.2, 0.25) is 0 Å². The van der Waals surface area contributed by atoms with Gasteiger partial charge in [0.25, 0.3) is 5.91 Å². The maximum atomic E-state index is 13.5. The van der Waals surface area contributed by atoms with E-state index in [1.807, 2.05) is 43.3 Å². The van der Waals surface area contributed by atoms with E-state index >= 15 is 0 Å². The molecule has 0 aromatic heterocycles. The number of ether oxygens (including phenoxy) is 1. The monoisotopic (exact) mass is 492 g/mol. The Balaban J connectivity index is 1.71. The number of halogens is 1. The molecule has 0 aliphatic heterocycles. The Bertz CT molecular complexity index is 1140. The molecule has 0 heterocycles. The first-order valence-corrected chi connectivity index (χ1v) is 12.5. The number of aryl methyl sites for hydroxylation is 1. The highest BCUT2D eigenvalue weighted by Crippen LogP contribution is 2.30. The van der Waals surface area contributed by atoms with Crippen molar-refractivity contribution >= 4 is 11.9 Å². The maximum absolute atomic E-state index is 13.5. The van der Waals surface area contributed by atoms with E-state index < -0.39 is 5.97 Å². The van der Waals surface area contributed by atoms with Gasteiger partial charge in [0, 0.05) is 12.1 Å². The summed E-state index contributed by atoms with van der Waals surface area (Å²) in [6, 6.07) is 20.0. The van der Waals surface area contributed by atoms with Gasteiger partial charge in [-0.25, -0.2) is 4.39 Å². The van der Waals surface area contributed by atoms with Gasteiger partial charge in [-0.1, -0.05) is 56.5 Å². The molecule has 190 valence electrons. The first-order chi connectivity index (χ1) is 17.4. The second-order valence-electron chi connectivity index (χ2n) is 8.98. The van der Waals surface area contributed by atoms with Gasteiger partial charge in [-0.05, 0) is 78.4 Å². The molecule has 0 bridgehead atoms. The summed E-state index contributed by atoms with van der Waals surface area (Å²) in [5, 5.41) is 11.5. The van der Waals surface area contributed by atoms with Crippen LogP contribution in [-0.4, -0.2) is 28.3 Å². The van der Waals surface area contributed by atoms with Crippen LogP contribution in [0, 0.1) is 12.7 Å². The maximum Gasteiger partial charge on any atom is 0.482 e. The van der Waals surface area contributed by atoms with Gasteiger partial charge in [-0.3, -0.25) is 4.79 Å². The largest absolute Gasteiger partial charge is 0.486 e. The molecule has 0 radical (unpaired) electrons. The fourth-order valence-electron chi connectivity index (χ4n) is 4.12. The molecule has 1 atom stereocenters. The van der Waals surface area contributed by atoms with Crippen LogP contribution in [0.3, 0.4) is 0 Å². The quantitative estimate of drug-likeness (QED) is 0.198. The molecule has 1 amide bonds. The molecule has 3 N–H and O–H groups in total. The number of rotatable bonds is 13. The number of carboxylic acid groups (broad SMARTS) is 1. The summed E-state index contributed by atoms with van der Waals surface area (Å²) in [6.07, 6.45) is 5.21. The molecule has 3 rings (SSSR count). The van der Waals surface area contributed by atoms with Gasteiger partial charge in [0.15, 0.2) is 0 Å². The summed E-state index contributed by atoms with van der Waals surface area (Å²) in [5.74, 6) is -0.459. The predicted molar refractivity (Wildman–Crippen MR) is 142 cm³/mol. The van der Waals surface area contributed by atoms with E-state index in [0.717, 1.165) is 53.7 Å². The normalized spacial score (nSPS) is 11.6. The van der Waals surface area contributed by atoms with Crippen molar-refractivity contribution in [2.75, 3.05) is 6.54 Å². The van der Waals surface area contributed by atoms with Crippen LogP contribution in [0.15, 0.2) is 66.7 Å². The molecule has 6 heteroatoms. The molecule has 0 saturated carbocycles. The van der Waals surface area contributed by atoms with Crippen molar-refractivity contribution in [1.29, 1.82) is 0 Å². The summed E-state index contributed by atoms with van der Waals surface area (Å²) in [6.45, 7) is 4.23. The third-order valence-electron chi connectivity index (χ3n) is 6.13. The molecule has 1 unspecified atom stereocenters. The Kier molecular flexibility index (Phi) is 10.0. The fraction of sp³-hybridized carbons (Fsp3) is 0.333. The van der Waals surface area contributed by atoms with E-state index in [-0.39, 0.29) is 30.8 Å². The van der Waals surface area contributed by atoms with Crippen molar-refractivity contribution in [3.63, 3.8) is 0 Å². The lowest BCUT2D eigenvalue weighted by molar-refractivity contribution is 0.0954. The van der Waals surface area contributed by atoms with Crippen molar-refractivity contribution < 1.29 is 23.8 Å². The number of unbranched alkanes of at least 4 members (excludes halogenated alkanes) is 3. The third kappa shape index (κ3) is 7.94. The summed E-state index contributed by atoms with van der Waals surface area (Å²) in [4.78, 5) is 21.1. The number of amides is 1. The van der Waals surface area contributed by atoms with Crippen LogP contribution in [0.2, 0.25) is 0 Å². The number of carboxylic acids is 1. The van der Waals surface area contributed by atoms with E-state index in [1.165, 1.54) is 18.6 Å². The van der Waals surface area contributed by atoms with E-state index in [9.17, 15) is 9.18 Å². The summed E-state index contributed by atoms with van der Waals surface area (Å²) in [7, 11) is 0. The smallest absolute Gasteiger partial charge is 0.482 e. The molecule has 3 aromatic rings. The lowest BCUT2D eigenvalue weighted by Crippen LogP contribution is -2.26. The Morgan fingerprint density at radius 3 is 2.39 bits per heavy atom. The summed E-state index contributed by atoms with van der Waals surface area (Å²) in [5.41, 5.74) is 4.36. The minimum absolute atomic E-state index is 0.00296. The second kappa shape index (κ2) is 13.4. The van der Waals surface area contributed by atoms with E-state index in [1.54, 1.807) is 18.2 Å². The summed E-state index contributed by atoms with van der Waals surface area (Å²) < 4.78 is 19.9. The Morgan fingerprint density at radius 1 is 1.03 bits per heavy atom. The highest BCUT2D eigenvalue weighted by Gasteiger charge is 2.16. The lowest BCUT2D eigenvalue weighted by Gasteiger charge is -2.20. The van der Waals surface area contributed by atoms with Crippen LogP contribution in [0.1, 0.15) is 73.0 Å². The van der Waals surface area contributed by atoms with Crippen LogP contribution in [0.4, 0.5) is 4.39 Å². The average molecular weight is 493 g/mol. The van der Waals surface area contributed by atoms with Gasteiger partial charge in [-0.15, -0.1) is 0 Å². The Labute approximate surface area is 212 Å². The molecule has 3 aromatic carbocycles. The van der Waals surface area contributed by atoms with Crippen LogP contribution in [0.5, 0.6) is 5.75 Å². The van der Waals surface area contributed by atoms with Crippen LogP contribution < -0.4 is 10.1 Å². The van der Waals surface area contributed by atoms with Crippen molar-refractivity contribution in [3.05, 3.63) is 89.2 Å². The van der Waals surface area contributed by atoms with Gasteiger partial charge in [0.1, 0.15) is 24.1 Å². The number of aliphatic hydroxyl groups excluding tert-OH is 1. The van der Waals surface area contributed by atoms with Crippen molar-refractivity contribution in [1.82, 2.24) is 5.32 Å². The molecule has 5 nitrogen and oxygen atoms in total. The molecular formula is C30H35FNO4+. The fourth-order valence-corrected chi connectivity index (χ4v) is 4.12. The summed E-state index contributed by atoms with van der Waals surface area (Å²) >= 11 is 0. The number of carbonyl (C=O) groups excluding carboxylic acids is 1. The first-order valence-electron chi connectivity index (χ1n) is 12.5. The van der Waals surface area contributed by atoms with Crippen molar-refractivity contribution in [2.45, 2.75) is 58.5 Å². The van der Waals surface area contributed by atoms with Crippen LogP contribution in [0.25, 0.3) is 11.1 Å². The Hall–Kier alpha value is -3.67. The standard InChI is InChI=1S/C30H34FNO4/c1-3-4-5-6-7-28(23-8-10-24(11-9-23)30(35)32-19-18-29(33)34)36-26-15-12-22(13-16-26)27-17-14-25(31)20-21(27)2/h8-17,20,28H,3-7,18-19H2,1-2H3,(H,32,35)(H,33,34)/p+1. The van der Waals surface area contributed by atoms with E-state index in [0.29, 0.717) is 5.56 Å². The molecule has 0 spiro atoms. The van der Waals surface area contributed by atoms with Gasteiger partial charge < -0.3 is 20.0 Å². The predicted octanol–water partition coefficient (Wildman–Crippen LogP) is 7.07. The highest BCUT2D eigenvalue weighted by atomic mass is 19.1. The minimum atomic E-state index is -0.699. The number of carbonyl (C=O) groups is 1. The van der Waals surface area contributed by atoms with Crippen molar-refractivity contribution in [3.8, 4) is 16.9 Å². The zero-order valence-electron chi connectivity index (χ0n) is 21.0. The first kappa shape index (κ1) is 26.9. The number of aliphatic carboxylic acids is 1. The van der Waals surface area contributed by atoms with Gasteiger partial charge >= 0.3 is 5.97 Å². The highest BCUT2D eigenvalue weighted by molar-refractivity contribution is 5.94. The molecule has 0 saturated heterocycles. The van der Waals surface area contributed by atoms with Crippen molar-refractivity contribution in [2.24, 2.45) is 0 Å². The SMILES string of the molecule is CCCCCCC(Oc1ccc(-c2ccc(F)cc2C)cc1)c1ccc(C(=O)NCCC(O)=[OH+])cc1. The number of benzene rings is 3.